The Morgan fingerprint density at radius 3 is 2.73 bits per heavy atom. The summed E-state index contributed by atoms with van der Waals surface area (Å²) in [5.41, 5.74) is 1.37. The van der Waals surface area contributed by atoms with Crippen LogP contribution in [0.1, 0.15) is 36.3 Å². The van der Waals surface area contributed by atoms with Gasteiger partial charge in [0.15, 0.2) is 11.5 Å². The molecule has 33 heavy (non-hydrogen) atoms. The van der Waals surface area contributed by atoms with Gasteiger partial charge in [-0.3, -0.25) is 4.79 Å². The number of nitrogens with zero attached hydrogens (tertiary/aromatic N) is 1. The Bertz CT molecular complexity index is 991. The standard InChI is InChI=1S/C25H31NO7/c1-29-14-16-5-4-8-26(13-16)24(28)12-19(17-6-7-21-22(9-17)33-15-32-21)25-20(27)10-18(30-2)11-23(25)31-3/h6-7,9-11,16,19,27H,4-5,8,12-15H2,1-3H3. The van der Waals surface area contributed by atoms with Crippen molar-refractivity contribution in [3.8, 4) is 28.7 Å². The molecular formula is C25H31NO7. The second kappa shape index (κ2) is 10.2. The van der Waals surface area contributed by atoms with E-state index in [4.69, 9.17) is 23.7 Å². The molecule has 8 heteroatoms. The van der Waals surface area contributed by atoms with Gasteiger partial charge in [-0.15, -0.1) is 0 Å². The predicted molar refractivity (Wildman–Crippen MR) is 121 cm³/mol. The van der Waals surface area contributed by atoms with Gasteiger partial charge < -0.3 is 33.7 Å². The van der Waals surface area contributed by atoms with Gasteiger partial charge in [-0.05, 0) is 36.5 Å². The Morgan fingerprint density at radius 2 is 1.97 bits per heavy atom. The number of rotatable bonds is 8. The third-order valence-corrected chi connectivity index (χ3v) is 6.35. The molecule has 1 N–H and O–H groups in total. The van der Waals surface area contributed by atoms with Crippen molar-refractivity contribution >= 4 is 5.91 Å². The van der Waals surface area contributed by atoms with Crippen molar-refractivity contribution in [2.75, 3.05) is 47.8 Å². The zero-order valence-corrected chi connectivity index (χ0v) is 19.3. The maximum Gasteiger partial charge on any atom is 0.231 e. The maximum atomic E-state index is 13.5. The van der Waals surface area contributed by atoms with Gasteiger partial charge in [-0.25, -0.2) is 0 Å². The molecule has 2 aromatic rings. The van der Waals surface area contributed by atoms with Gasteiger partial charge >= 0.3 is 0 Å². The van der Waals surface area contributed by atoms with Gasteiger partial charge in [-0.1, -0.05) is 6.07 Å². The molecule has 2 aliphatic heterocycles. The first-order valence-corrected chi connectivity index (χ1v) is 11.1. The normalized spacial score (nSPS) is 18.2. The Morgan fingerprint density at radius 1 is 1.15 bits per heavy atom. The van der Waals surface area contributed by atoms with Crippen molar-refractivity contribution < 1.29 is 33.6 Å². The molecule has 0 spiro atoms. The minimum Gasteiger partial charge on any atom is -0.507 e. The third-order valence-electron chi connectivity index (χ3n) is 6.35. The fourth-order valence-electron chi connectivity index (χ4n) is 4.71. The number of hydrogen-bond acceptors (Lipinski definition) is 7. The molecule has 8 nitrogen and oxygen atoms in total. The van der Waals surface area contributed by atoms with E-state index in [-0.39, 0.29) is 24.9 Å². The van der Waals surface area contributed by atoms with E-state index in [9.17, 15) is 9.90 Å². The molecule has 1 fully saturated rings. The molecule has 1 saturated heterocycles. The lowest BCUT2D eigenvalue weighted by Crippen LogP contribution is -2.41. The molecule has 2 unspecified atom stereocenters. The number of phenolic OH excluding ortho intramolecular Hbond substituents is 1. The second-order valence-corrected chi connectivity index (χ2v) is 8.44. The molecule has 2 atom stereocenters. The van der Waals surface area contributed by atoms with Crippen molar-refractivity contribution in [1.82, 2.24) is 4.90 Å². The molecule has 178 valence electrons. The average Bonchev–Trinajstić information content (AvgIpc) is 3.30. The van der Waals surface area contributed by atoms with E-state index in [2.05, 4.69) is 0 Å². The van der Waals surface area contributed by atoms with Crippen LogP contribution in [0.2, 0.25) is 0 Å². The number of likely N-dealkylation sites (tertiary alicyclic amines) is 1. The van der Waals surface area contributed by atoms with E-state index >= 15 is 0 Å². The van der Waals surface area contributed by atoms with Crippen LogP contribution in [0.4, 0.5) is 0 Å². The fourth-order valence-corrected chi connectivity index (χ4v) is 4.71. The Balaban J connectivity index is 1.69. The SMILES string of the molecule is COCC1CCCN(C(=O)CC(c2ccc3c(c2)OCO3)c2c(O)cc(OC)cc2OC)C1. The monoisotopic (exact) mass is 457 g/mol. The number of hydrogen-bond donors (Lipinski definition) is 1. The van der Waals surface area contributed by atoms with Gasteiger partial charge in [0.1, 0.15) is 17.2 Å². The number of piperidine rings is 1. The summed E-state index contributed by atoms with van der Waals surface area (Å²) in [5, 5.41) is 10.9. The maximum absolute atomic E-state index is 13.5. The van der Waals surface area contributed by atoms with E-state index in [0.29, 0.717) is 47.6 Å². The van der Waals surface area contributed by atoms with Crippen LogP contribution in [-0.4, -0.2) is 63.7 Å². The molecule has 0 aliphatic carbocycles. The van der Waals surface area contributed by atoms with Gasteiger partial charge in [0.25, 0.3) is 0 Å². The largest absolute Gasteiger partial charge is 0.507 e. The van der Waals surface area contributed by atoms with E-state index in [1.54, 1.807) is 13.2 Å². The molecule has 4 rings (SSSR count). The fraction of sp³-hybridized carbons (Fsp3) is 0.480. The number of fused-ring (bicyclic) bond motifs is 1. The summed E-state index contributed by atoms with van der Waals surface area (Å²) in [6.07, 6.45) is 2.18. The lowest BCUT2D eigenvalue weighted by molar-refractivity contribution is -0.133. The first kappa shape index (κ1) is 23.0. The van der Waals surface area contributed by atoms with Crippen LogP contribution in [0.15, 0.2) is 30.3 Å². The minimum absolute atomic E-state index is 0.0116. The van der Waals surface area contributed by atoms with Crippen LogP contribution in [-0.2, 0) is 9.53 Å². The van der Waals surface area contributed by atoms with Gasteiger partial charge in [0.05, 0.1) is 20.8 Å². The highest BCUT2D eigenvalue weighted by Gasteiger charge is 2.31. The number of methoxy groups -OCH3 is 3. The van der Waals surface area contributed by atoms with Gasteiger partial charge in [-0.2, -0.15) is 0 Å². The van der Waals surface area contributed by atoms with Crippen LogP contribution in [0.3, 0.4) is 0 Å². The van der Waals surface area contributed by atoms with Crippen molar-refractivity contribution in [2.24, 2.45) is 5.92 Å². The van der Waals surface area contributed by atoms with E-state index in [0.717, 1.165) is 24.9 Å². The van der Waals surface area contributed by atoms with Crippen molar-refractivity contribution in [1.29, 1.82) is 0 Å². The first-order chi connectivity index (χ1) is 16.0. The van der Waals surface area contributed by atoms with Crippen LogP contribution >= 0.6 is 0 Å². The molecule has 0 aromatic heterocycles. The average molecular weight is 458 g/mol. The molecular weight excluding hydrogens is 426 g/mol. The number of benzene rings is 2. The summed E-state index contributed by atoms with van der Waals surface area (Å²) < 4.78 is 27.2. The number of carbonyl (C=O) groups is 1. The lowest BCUT2D eigenvalue weighted by Gasteiger charge is -2.33. The Labute approximate surface area is 194 Å². The smallest absolute Gasteiger partial charge is 0.231 e. The van der Waals surface area contributed by atoms with E-state index < -0.39 is 5.92 Å². The minimum atomic E-state index is -0.448. The number of phenols is 1. The number of aromatic hydroxyl groups is 1. The summed E-state index contributed by atoms with van der Waals surface area (Å²) in [5.74, 6) is 2.13. The summed E-state index contributed by atoms with van der Waals surface area (Å²) in [6.45, 7) is 2.20. The van der Waals surface area contributed by atoms with E-state index in [1.165, 1.54) is 20.3 Å². The van der Waals surface area contributed by atoms with Crippen LogP contribution in [0.5, 0.6) is 28.7 Å². The lowest BCUT2D eigenvalue weighted by atomic mass is 9.86. The molecule has 0 radical (unpaired) electrons. The molecule has 0 bridgehead atoms. The summed E-state index contributed by atoms with van der Waals surface area (Å²) >= 11 is 0. The van der Waals surface area contributed by atoms with Crippen molar-refractivity contribution in [3.05, 3.63) is 41.5 Å². The summed E-state index contributed by atoms with van der Waals surface area (Å²) in [7, 11) is 4.75. The van der Waals surface area contributed by atoms with Crippen LogP contribution < -0.4 is 18.9 Å². The quantitative estimate of drug-likeness (QED) is 0.649. The predicted octanol–water partition coefficient (Wildman–Crippen LogP) is 3.55. The van der Waals surface area contributed by atoms with E-state index in [1.807, 2.05) is 23.1 Å². The summed E-state index contributed by atoms with van der Waals surface area (Å²) in [6, 6.07) is 8.86. The zero-order valence-electron chi connectivity index (χ0n) is 19.3. The van der Waals surface area contributed by atoms with Crippen LogP contribution in [0, 0.1) is 5.92 Å². The van der Waals surface area contributed by atoms with Gasteiger partial charge in [0.2, 0.25) is 12.7 Å². The highest BCUT2D eigenvalue weighted by molar-refractivity contribution is 5.78. The van der Waals surface area contributed by atoms with Crippen LogP contribution in [0.25, 0.3) is 0 Å². The highest BCUT2D eigenvalue weighted by Crippen LogP contribution is 2.45. The highest BCUT2D eigenvalue weighted by atomic mass is 16.7. The number of ether oxygens (including phenoxy) is 5. The molecule has 2 aromatic carbocycles. The Hall–Kier alpha value is -3.13. The molecule has 0 saturated carbocycles. The second-order valence-electron chi connectivity index (χ2n) is 8.44. The number of carbonyl (C=O) groups excluding carboxylic acids is 1. The Kier molecular flexibility index (Phi) is 7.13. The first-order valence-electron chi connectivity index (χ1n) is 11.1. The van der Waals surface area contributed by atoms with Crippen molar-refractivity contribution in [3.63, 3.8) is 0 Å². The topological polar surface area (TPSA) is 86.7 Å². The molecule has 1 amide bonds. The third kappa shape index (κ3) is 4.95. The summed E-state index contributed by atoms with van der Waals surface area (Å²) in [4.78, 5) is 15.4. The molecule has 2 heterocycles. The van der Waals surface area contributed by atoms with Gasteiger partial charge in [0, 0.05) is 50.2 Å². The van der Waals surface area contributed by atoms with Crippen molar-refractivity contribution in [2.45, 2.75) is 25.2 Å². The number of amides is 1. The molecule has 2 aliphatic rings. The zero-order chi connectivity index (χ0) is 23.4.